The monoisotopic (exact) mass is 318 g/mol. The van der Waals surface area contributed by atoms with E-state index in [2.05, 4.69) is 0 Å². The fourth-order valence-corrected chi connectivity index (χ4v) is 2.35. The van der Waals surface area contributed by atoms with E-state index in [-0.39, 0.29) is 13.2 Å². The quantitative estimate of drug-likeness (QED) is 0.605. The zero-order valence-corrected chi connectivity index (χ0v) is 12.9. The first-order valence-electron chi connectivity index (χ1n) is 6.69. The lowest BCUT2D eigenvalue weighted by Gasteiger charge is -2.25. The third kappa shape index (κ3) is 4.68. The summed E-state index contributed by atoms with van der Waals surface area (Å²) in [5.74, 6) is -0.603. The van der Waals surface area contributed by atoms with Gasteiger partial charge in [0.05, 0.1) is 0 Å². The van der Waals surface area contributed by atoms with E-state index in [1.807, 2.05) is 37.3 Å². The molecule has 0 aliphatic rings. The summed E-state index contributed by atoms with van der Waals surface area (Å²) in [6, 6.07) is 16.1. The van der Waals surface area contributed by atoms with Gasteiger partial charge in [-0.1, -0.05) is 48.0 Å². The summed E-state index contributed by atoms with van der Waals surface area (Å²) >= 11 is -2.55. The molecule has 0 aromatic heterocycles. The van der Waals surface area contributed by atoms with E-state index in [1.165, 1.54) is 0 Å². The summed E-state index contributed by atoms with van der Waals surface area (Å²) in [5.41, 5.74) is 2.28. The lowest BCUT2D eigenvalue weighted by Crippen LogP contribution is -2.32. The molecule has 0 heterocycles. The molecule has 116 valence electrons. The molecule has 0 saturated heterocycles. The average Bonchev–Trinajstić information content (AvgIpc) is 2.52. The Morgan fingerprint density at radius 1 is 1.14 bits per heavy atom. The minimum Gasteiger partial charge on any atom is -0.755 e. The minimum absolute atomic E-state index is 0.118. The third-order valence-electron chi connectivity index (χ3n) is 3.02. The van der Waals surface area contributed by atoms with Crippen molar-refractivity contribution in [2.75, 3.05) is 10.8 Å². The van der Waals surface area contributed by atoms with Crippen molar-refractivity contribution in [3.63, 3.8) is 0 Å². The Kier molecular flexibility index (Phi) is 5.68. The molecule has 0 radical (unpaired) electrons. The first-order valence-corrected chi connectivity index (χ1v) is 7.72. The zero-order valence-electron chi connectivity index (χ0n) is 12.1. The van der Waals surface area contributed by atoms with Crippen LogP contribution in [0.3, 0.4) is 0 Å². The van der Waals surface area contributed by atoms with Crippen molar-refractivity contribution in [1.29, 1.82) is 0 Å². The van der Waals surface area contributed by atoms with Crippen LogP contribution >= 0.6 is 0 Å². The van der Waals surface area contributed by atoms with Gasteiger partial charge in [-0.05, 0) is 24.6 Å². The van der Waals surface area contributed by atoms with Gasteiger partial charge in [-0.2, -0.15) is 0 Å². The average molecular weight is 318 g/mol. The van der Waals surface area contributed by atoms with Crippen LogP contribution in [0.5, 0.6) is 0 Å². The number of benzene rings is 2. The van der Waals surface area contributed by atoms with Crippen LogP contribution in [0.25, 0.3) is 0 Å². The number of nitrogens with zero attached hydrogens (tertiary/aromatic N) is 1. The molecule has 0 bridgehead atoms. The highest BCUT2D eigenvalue weighted by Crippen LogP contribution is 2.16. The van der Waals surface area contributed by atoms with Crippen molar-refractivity contribution in [1.82, 2.24) is 0 Å². The smallest absolute Gasteiger partial charge is 0.327 e. The highest BCUT2D eigenvalue weighted by molar-refractivity contribution is 7.80. The predicted octanol–water partition coefficient (Wildman–Crippen LogP) is 2.34. The lowest BCUT2D eigenvalue weighted by molar-refractivity contribution is -0.143. The first-order chi connectivity index (χ1) is 10.6. The molecule has 0 aliphatic carbocycles. The van der Waals surface area contributed by atoms with Crippen molar-refractivity contribution < 1.29 is 18.3 Å². The van der Waals surface area contributed by atoms with Gasteiger partial charge in [-0.15, -0.1) is 0 Å². The van der Waals surface area contributed by atoms with Crippen LogP contribution in [-0.2, 0) is 27.4 Å². The van der Waals surface area contributed by atoms with Gasteiger partial charge in [0.15, 0.2) is 0 Å². The van der Waals surface area contributed by atoms with Crippen LogP contribution in [0.4, 0.5) is 5.69 Å². The number of ether oxygens (including phenoxy) is 1. The van der Waals surface area contributed by atoms with Gasteiger partial charge >= 0.3 is 5.97 Å². The molecule has 2 rings (SSSR count). The van der Waals surface area contributed by atoms with Gasteiger partial charge in [0.1, 0.15) is 13.2 Å². The largest absolute Gasteiger partial charge is 0.755 e. The Hall–Kier alpha value is -2.18. The molecule has 2 aromatic carbocycles. The standard InChI is InChI=1S/C16H17NO4S/c1-13-7-9-15(10-8-13)17(22(19)20)11-16(18)21-12-14-5-3-2-4-6-14/h2-10H,11-12H2,1H3,(H,19,20)/p-1. The Bertz CT molecular complexity index is 643. The molecule has 0 amide bonds. The van der Waals surface area contributed by atoms with Crippen molar-refractivity contribution in [3.05, 3.63) is 65.7 Å². The summed E-state index contributed by atoms with van der Waals surface area (Å²) in [7, 11) is 0. The number of hydrogen-bond donors (Lipinski definition) is 0. The highest BCUT2D eigenvalue weighted by Gasteiger charge is 2.13. The Balaban J connectivity index is 1.97. The molecule has 5 nitrogen and oxygen atoms in total. The summed E-state index contributed by atoms with van der Waals surface area (Å²) in [5, 5.41) is 0. The molecule has 0 saturated carbocycles. The van der Waals surface area contributed by atoms with Gasteiger partial charge in [0, 0.05) is 17.0 Å². The molecule has 0 aliphatic heterocycles. The van der Waals surface area contributed by atoms with Crippen LogP contribution < -0.4 is 4.31 Å². The molecule has 1 atom stereocenters. The first kappa shape index (κ1) is 16.2. The Labute approximate surface area is 131 Å². The third-order valence-corrected chi connectivity index (χ3v) is 3.72. The van der Waals surface area contributed by atoms with Crippen LogP contribution in [-0.4, -0.2) is 21.3 Å². The van der Waals surface area contributed by atoms with Crippen LogP contribution in [0.2, 0.25) is 0 Å². The van der Waals surface area contributed by atoms with Crippen LogP contribution in [0.15, 0.2) is 54.6 Å². The number of anilines is 1. The van der Waals surface area contributed by atoms with Gasteiger partial charge < -0.3 is 9.29 Å². The molecule has 0 fully saturated rings. The Morgan fingerprint density at radius 3 is 2.36 bits per heavy atom. The highest BCUT2D eigenvalue weighted by atomic mass is 32.2. The van der Waals surface area contributed by atoms with Crippen LogP contribution in [0, 0.1) is 6.92 Å². The van der Waals surface area contributed by atoms with Gasteiger partial charge in [0.2, 0.25) is 0 Å². The Morgan fingerprint density at radius 2 is 1.77 bits per heavy atom. The van der Waals surface area contributed by atoms with E-state index in [4.69, 9.17) is 4.74 Å². The molecule has 22 heavy (non-hydrogen) atoms. The van der Waals surface area contributed by atoms with Crippen LogP contribution in [0.1, 0.15) is 11.1 Å². The molecular formula is C16H16NO4S-. The van der Waals surface area contributed by atoms with E-state index in [0.717, 1.165) is 15.4 Å². The number of rotatable bonds is 6. The molecule has 1 unspecified atom stereocenters. The van der Waals surface area contributed by atoms with Gasteiger partial charge in [0.25, 0.3) is 0 Å². The number of aryl methyl sites for hydroxylation is 1. The normalized spacial score (nSPS) is 11.7. The maximum absolute atomic E-state index is 11.8. The minimum atomic E-state index is -2.55. The molecule has 2 aromatic rings. The summed E-state index contributed by atoms with van der Waals surface area (Å²) in [4.78, 5) is 11.8. The number of carbonyl (C=O) groups is 1. The van der Waals surface area contributed by atoms with Crippen molar-refractivity contribution >= 4 is 22.9 Å². The van der Waals surface area contributed by atoms with Crippen molar-refractivity contribution in [3.8, 4) is 0 Å². The van der Waals surface area contributed by atoms with E-state index in [1.54, 1.807) is 24.3 Å². The summed E-state index contributed by atoms with van der Waals surface area (Å²) in [6.45, 7) is 1.66. The van der Waals surface area contributed by atoms with E-state index in [0.29, 0.717) is 5.69 Å². The van der Waals surface area contributed by atoms with E-state index < -0.39 is 17.2 Å². The molecule has 0 spiro atoms. The zero-order chi connectivity index (χ0) is 15.9. The maximum atomic E-state index is 11.8. The second-order valence-corrected chi connectivity index (χ2v) is 5.61. The second-order valence-electron chi connectivity index (χ2n) is 4.74. The number of esters is 1. The SMILES string of the molecule is Cc1ccc(N(CC(=O)OCc2ccccc2)S(=O)[O-])cc1. The number of hydrogen-bond acceptors (Lipinski definition) is 4. The molecular weight excluding hydrogens is 302 g/mol. The van der Waals surface area contributed by atoms with E-state index in [9.17, 15) is 13.6 Å². The lowest BCUT2D eigenvalue weighted by atomic mass is 10.2. The fourth-order valence-electron chi connectivity index (χ4n) is 1.84. The molecule has 6 heteroatoms. The van der Waals surface area contributed by atoms with Crippen molar-refractivity contribution in [2.45, 2.75) is 13.5 Å². The fraction of sp³-hybridized carbons (Fsp3) is 0.188. The molecule has 0 N–H and O–H groups in total. The van der Waals surface area contributed by atoms with Gasteiger partial charge in [-0.25, -0.2) is 0 Å². The summed E-state index contributed by atoms with van der Waals surface area (Å²) < 4.78 is 28.7. The maximum Gasteiger partial charge on any atom is 0.327 e. The predicted molar refractivity (Wildman–Crippen MR) is 83.7 cm³/mol. The topological polar surface area (TPSA) is 69.7 Å². The van der Waals surface area contributed by atoms with E-state index >= 15 is 0 Å². The van der Waals surface area contributed by atoms with Crippen molar-refractivity contribution in [2.24, 2.45) is 0 Å². The number of carbonyl (C=O) groups excluding carboxylic acids is 1. The van der Waals surface area contributed by atoms with Gasteiger partial charge in [-0.3, -0.25) is 13.3 Å². The second kappa shape index (κ2) is 7.72. The summed E-state index contributed by atoms with van der Waals surface area (Å²) in [6.07, 6.45) is 0.